The van der Waals surface area contributed by atoms with Crippen LogP contribution in [-0.2, 0) is 0 Å². The Morgan fingerprint density at radius 1 is 1.25 bits per heavy atom. The maximum absolute atomic E-state index is 5.91. The van der Waals surface area contributed by atoms with Crippen LogP contribution >= 0.6 is 0 Å². The lowest BCUT2D eigenvalue weighted by Gasteiger charge is -2.21. The molecule has 3 nitrogen and oxygen atoms in total. The van der Waals surface area contributed by atoms with E-state index in [1.54, 1.807) is 0 Å². The topological polar surface area (TPSA) is 32.5 Å². The number of hydrogen-bond donors (Lipinski definition) is 1. The van der Waals surface area contributed by atoms with Crippen LogP contribution in [0.15, 0.2) is 0 Å². The quantitative estimate of drug-likeness (QED) is 0.682. The van der Waals surface area contributed by atoms with E-state index in [0.717, 1.165) is 6.42 Å². The van der Waals surface area contributed by atoms with Gasteiger partial charge in [-0.1, -0.05) is 6.92 Å². The van der Waals surface area contributed by atoms with Gasteiger partial charge in [-0.15, -0.1) is 0 Å². The number of likely N-dealkylation sites (tertiary alicyclic amines) is 1. The van der Waals surface area contributed by atoms with Crippen LogP contribution in [0, 0.1) is 0 Å². The fourth-order valence-electron chi connectivity index (χ4n) is 2.26. The highest BCUT2D eigenvalue weighted by molar-refractivity contribution is 4.68. The highest BCUT2D eigenvalue weighted by atomic mass is 15.2. The number of rotatable bonds is 8. The summed E-state index contributed by atoms with van der Waals surface area (Å²) in [5.74, 6) is 0. The summed E-state index contributed by atoms with van der Waals surface area (Å²) in [6, 6.07) is 0.409. The molecule has 1 heterocycles. The van der Waals surface area contributed by atoms with Crippen LogP contribution in [0.4, 0.5) is 0 Å². The number of hydrogen-bond acceptors (Lipinski definition) is 3. The zero-order valence-corrected chi connectivity index (χ0v) is 11.1. The molecule has 1 unspecified atom stereocenters. The van der Waals surface area contributed by atoms with E-state index in [0.29, 0.717) is 6.04 Å². The van der Waals surface area contributed by atoms with Gasteiger partial charge >= 0.3 is 0 Å². The van der Waals surface area contributed by atoms with Crippen LogP contribution in [-0.4, -0.2) is 55.6 Å². The molecular weight excluding hydrogens is 198 g/mol. The number of nitrogens with two attached hydrogens (primary N) is 1. The lowest BCUT2D eigenvalue weighted by atomic mass is 10.1. The largest absolute Gasteiger partial charge is 0.328 e. The first-order valence-corrected chi connectivity index (χ1v) is 6.89. The first kappa shape index (κ1) is 13.9. The summed E-state index contributed by atoms with van der Waals surface area (Å²) in [7, 11) is 2.23. The molecule has 0 amide bonds. The molecule has 1 saturated heterocycles. The molecular formula is C13H29N3. The summed E-state index contributed by atoms with van der Waals surface area (Å²) in [6.07, 6.45) is 6.32. The third kappa shape index (κ3) is 5.83. The van der Waals surface area contributed by atoms with Gasteiger partial charge in [-0.3, -0.25) is 0 Å². The molecule has 0 saturated carbocycles. The number of nitrogens with zero attached hydrogens (tertiary/aromatic N) is 2. The zero-order chi connectivity index (χ0) is 11.8. The van der Waals surface area contributed by atoms with E-state index >= 15 is 0 Å². The van der Waals surface area contributed by atoms with Gasteiger partial charge in [0.05, 0.1) is 0 Å². The van der Waals surface area contributed by atoms with E-state index in [2.05, 4.69) is 23.8 Å². The first-order valence-electron chi connectivity index (χ1n) is 6.89. The summed E-state index contributed by atoms with van der Waals surface area (Å²) in [6.45, 7) is 8.45. The molecule has 96 valence electrons. The predicted octanol–water partition coefficient (Wildman–Crippen LogP) is 1.53. The maximum Gasteiger partial charge on any atom is 0.0109 e. The average molecular weight is 227 g/mol. The second kappa shape index (κ2) is 8.04. The predicted molar refractivity (Wildman–Crippen MR) is 70.7 cm³/mol. The van der Waals surface area contributed by atoms with Crippen molar-refractivity contribution in [2.45, 2.75) is 45.1 Å². The van der Waals surface area contributed by atoms with Gasteiger partial charge in [-0.2, -0.15) is 0 Å². The highest BCUT2D eigenvalue weighted by Crippen LogP contribution is 2.06. The molecule has 1 rings (SSSR count). The van der Waals surface area contributed by atoms with E-state index in [-0.39, 0.29) is 0 Å². The van der Waals surface area contributed by atoms with Crippen molar-refractivity contribution >= 4 is 0 Å². The fraction of sp³-hybridized carbons (Fsp3) is 1.00. The van der Waals surface area contributed by atoms with E-state index in [9.17, 15) is 0 Å². The van der Waals surface area contributed by atoms with Crippen molar-refractivity contribution in [3.05, 3.63) is 0 Å². The van der Waals surface area contributed by atoms with Gasteiger partial charge in [0.2, 0.25) is 0 Å². The Morgan fingerprint density at radius 3 is 2.56 bits per heavy atom. The normalized spacial score (nSPS) is 19.5. The second-order valence-electron chi connectivity index (χ2n) is 5.16. The van der Waals surface area contributed by atoms with Gasteiger partial charge in [0, 0.05) is 19.1 Å². The van der Waals surface area contributed by atoms with Crippen LogP contribution in [0.3, 0.4) is 0 Å². The van der Waals surface area contributed by atoms with Gasteiger partial charge < -0.3 is 15.5 Å². The molecule has 0 aromatic heterocycles. The van der Waals surface area contributed by atoms with Crippen LogP contribution in [0.25, 0.3) is 0 Å². The van der Waals surface area contributed by atoms with Crippen molar-refractivity contribution in [2.75, 3.05) is 39.8 Å². The molecule has 0 spiro atoms. The van der Waals surface area contributed by atoms with Crippen LogP contribution in [0.5, 0.6) is 0 Å². The molecule has 1 aliphatic heterocycles. The number of likely N-dealkylation sites (N-methyl/N-ethyl adjacent to an activating group) is 1. The zero-order valence-electron chi connectivity index (χ0n) is 11.1. The van der Waals surface area contributed by atoms with Gasteiger partial charge in [0.25, 0.3) is 0 Å². The van der Waals surface area contributed by atoms with Crippen LogP contribution in [0.1, 0.15) is 39.0 Å². The highest BCUT2D eigenvalue weighted by Gasteiger charge is 2.11. The summed E-state index contributed by atoms with van der Waals surface area (Å²) in [4.78, 5) is 5.02. The van der Waals surface area contributed by atoms with E-state index in [4.69, 9.17) is 5.73 Å². The lowest BCUT2D eigenvalue weighted by molar-refractivity contribution is 0.252. The molecule has 0 radical (unpaired) electrons. The van der Waals surface area contributed by atoms with Crippen molar-refractivity contribution in [1.82, 2.24) is 9.80 Å². The Bertz CT molecular complexity index is 167. The van der Waals surface area contributed by atoms with Crippen molar-refractivity contribution in [3.8, 4) is 0 Å². The van der Waals surface area contributed by atoms with Crippen molar-refractivity contribution in [2.24, 2.45) is 5.73 Å². The smallest absolute Gasteiger partial charge is 0.0109 e. The minimum atomic E-state index is 0.409. The Balaban J connectivity index is 1.95. The van der Waals surface area contributed by atoms with E-state index in [1.807, 2.05) is 0 Å². The molecule has 0 bridgehead atoms. The second-order valence-corrected chi connectivity index (χ2v) is 5.16. The van der Waals surface area contributed by atoms with Crippen molar-refractivity contribution < 1.29 is 0 Å². The maximum atomic E-state index is 5.91. The van der Waals surface area contributed by atoms with E-state index in [1.165, 1.54) is 58.4 Å². The Kier molecular flexibility index (Phi) is 7.01. The molecule has 1 atom stereocenters. The molecule has 0 aromatic rings. The van der Waals surface area contributed by atoms with Gasteiger partial charge in [-0.25, -0.2) is 0 Å². The monoisotopic (exact) mass is 227 g/mol. The van der Waals surface area contributed by atoms with Gasteiger partial charge in [0.1, 0.15) is 0 Å². The summed E-state index contributed by atoms with van der Waals surface area (Å²) in [5.41, 5.74) is 5.91. The van der Waals surface area contributed by atoms with E-state index < -0.39 is 0 Å². The van der Waals surface area contributed by atoms with Crippen LogP contribution < -0.4 is 5.73 Å². The SMILES string of the molecule is CCC(N)CCCN(C)CCN1CCCC1. The van der Waals surface area contributed by atoms with Crippen molar-refractivity contribution in [1.29, 1.82) is 0 Å². The van der Waals surface area contributed by atoms with Crippen LogP contribution in [0.2, 0.25) is 0 Å². The average Bonchev–Trinajstić information content (AvgIpc) is 2.79. The molecule has 16 heavy (non-hydrogen) atoms. The third-order valence-electron chi connectivity index (χ3n) is 3.64. The summed E-state index contributed by atoms with van der Waals surface area (Å²) in [5, 5.41) is 0. The Morgan fingerprint density at radius 2 is 1.94 bits per heavy atom. The van der Waals surface area contributed by atoms with Gasteiger partial charge in [-0.05, 0) is 58.8 Å². The Hall–Kier alpha value is -0.120. The molecule has 2 N–H and O–H groups in total. The molecule has 0 aromatic carbocycles. The lowest BCUT2D eigenvalue weighted by Crippen LogP contribution is -2.32. The Labute approximate surface area is 101 Å². The molecule has 3 heteroatoms. The third-order valence-corrected chi connectivity index (χ3v) is 3.64. The minimum absolute atomic E-state index is 0.409. The first-order chi connectivity index (χ1) is 7.72. The molecule has 1 aliphatic rings. The summed E-state index contributed by atoms with van der Waals surface area (Å²) >= 11 is 0. The summed E-state index contributed by atoms with van der Waals surface area (Å²) < 4.78 is 0. The molecule has 1 fully saturated rings. The standard InChI is InChI=1S/C13H29N3/c1-3-13(14)7-6-8-15(2)11-12-16-9-4-5-10-16/h13H,3-12,14H2,1-2H3. The fourth-order valence-corrected chi connectivity index (χ4v) is 2.26. The minimum Gasteiger partial charge on any atom is -0.328 e. The molecule has 0 aliphatic carbocycles. The van der Waals surface area contributed by atoms with Gasteiger partial charge in [0.15, 0.2) is 0 Å². The van der Waals surface area contributed by atoms with Crippen molar-refractivity contribution in [3.63, 3.8) is 0 Å².